The lowest BCUT2D eigenvalue weighted by molar-refractivity contribution is 0.167. The van der Waals surface area contributed by atoms with Crippen LogP contribution in [0.3, 0.4) is 0 Å². The minimum absolute atomic E-state index is 0.0747. The van der Waals surface area contributed by atoms with Gasteiger partial charge in [-0.05, 0) is 12.8 Å². The first-order valence-electron chi connectivity index (χ1n) is 6.74. The third kappa shape index (κ3) is 3.30. The van der Waals surface area contributed by atoms with Gasteiger partial charge in [0.15, 0.2) is 0 Å². The topological polar surface area (TPSA) is 67.4 Å². The smallest absolute Gasteiger partial charge is 0.407 e. The summed E-state index contributed by atoms with van der Waals surface area (Å²) in [5.41, 5.74) is 0.982. The first-order chi connectivity index (χ1) is 9.65. The Morgan fingerprint density at radius 2 is 2.40 bits per heavy atom. The van der Waals surface area contributed by atoms with E-state index in [1.54, 1.807) is 0 Å². The van der Waals surface area contributed by atoms with Crippen LogP contribution >= 0.6 is 11.6 Å². The average Bonchev–Trinajstić information content (AvgIpc) is 2.89. The Morgan fingerprint density at radius 1 is 1.60 bits per heavy atom. The summed E-state index contributed by atoms with van der Waals surface area (Å²) < 4.78 is 4.62. The summed E-state index contributed by atoms with van der Waals surface area (Å²) >= 11 is 6.16. The molecule has 0 bridgehead atoms. The van der Waals surface area contributed by atoms with Crippen LogP contribution in [0, 0.1) is 0 Å². The van der Waals surface area contributed by atoms with E-state index >= 15 is 0 Å². The van der Waals surface area contributed by atoms with E-state index in [1.807, 2.05) is 0 Å². The third-order valence-electron chi connectivity index (χ3n) is 3.37. The number of rotatable bonds is 4. The molecule has 110 valence electrons. The van der Waals surface area contributed by atoms with Gasteiger partial charge in [0.1, 0.15) is 17.3 Å². The predicted molar refractivity (Wildman–Crippen MR) is 77.2 cm³/mol. The van der Waals surface area contributed by atoms with Gasteiger partial charge in [0, 0.05) is 18.7 Å². The van der Waals surface area contributed by atoms with Crippen LogP contribution in [-0.4, -0.2) is 42.3 Å². The molecule has 1 amide bonds. The maximum atomic E-state index is 11.2. The highest BCUT2D eigenvalue weighted by molar-refractivity contribution is 6.30. The standard InChI is InChI=1S/C13H19ClN4O2/c1-3-4-10-11(14)15-8-16-12(10)18-6-5-9(7-18)17-13(19)20-2/h8-9H,3-7H2,1-2H3,(H,17,19). The van der Waals surface area contributed by atoms with Crippen molar-refractivity contribution in [3.63, 3.8) is 0 Å². The second-order valence-corrected chi connectivity index (χ2v) is 5.14. The van der Waals surface area contributed by atoms with E-state index < -0.39 is 6.09 Å². The molecule has 20 heavy (non-hydrogen) atoms. The number of amides is 1. The molecule has 1 N–H and O–H groups in total. The SMILES string of the molecule is CCCc1c(Cl)ncnc1N1CCC(NC(=O)OC)C1. The number of methoxy groups -OCH3 is 1. The number of aromatic nitrogens is 2. The van der Waals surface area contributed by atoms with E-state index in [-0.39, 0.29) is 6.04 Å². The van der Waals surface area contributed by atoms with Crippen molar-refractivity contribution in [2.75, 3.05) is 25.1 Å². The number of halogens is 1. The summed E-state index contributed by atoms with van der Waals surface area (Å²) in [4.78, 5) is 21.8. The quantitative estimate of drug-likeness (QED) is 0.861. The molecule has 6 nitrogen and oxygen atoms in total. The molecular formula is C13H19ClN4O2. The lowest BCUT2D eigenvalue weighted by Gasteiger charge is -2.21. The zero-order chi connectivity index (χ0) is 14.5. The summed E-state index contributed by atoms with van der Waals surface area (Å²) in [6, 6.07) is 0.0747. The van der Waals surface area contributed by atoms with E-state index in [2.05, 4.69) is 31.8 Å². The van der Waals surface area contributed by atoms with Crippen LogP contribution in [0.1, 0.15) is 25.3 Å². The summed E-state index contributed by atoms with van der Waals surface area (Å²) in [7, 11) is 1.37. The number of ether oxygens (including phenoxy) is 1. The average molecular weight is 299 g/mol. The fourth-order valence-corrected chi connectivity index (χ4v) is 2.64. The van der Waals surface area contributed by atoms with Gasteiger partial charge in [0.2, 0.25) is 0 Å². The summed E-state index contributed by atoms with van der Waals surface area (Å²) in [5.74, 6) is 0.876. The van der Waals surface area contributed by atoms with E-state index in [9.17, 15) is 4.79 Å². The molecular weight excluding hydrogens is 280 g/mol. The van der Waals surface area contributed by atoms with Gasteiger partial charge in [-0.1, -0.05) is 24.9 Å². The Labute approximate surface area is 123 Å². The van der Waals surface area contributed by atoms with Gasteiger partial charge in [-0.3, -0.25) is 0 Å². The van der Waals surface area contributed by atoms with Gasteiger partial charge in [-0.2, -0.15) is 0 Å². The monoisotopic (exact) mass is 298 g/mol. The minimum atomic E-state index is -0.397. The van der Waals surface area contributed by atoms with Crippen molar-refractivity contribution in [2.45, 2.75) is 32.2 Å². The number of carbonyl (C=O) groups excluding carboxylic acids is 1. The van der Waals surface area contributed by atoms with E-state index in [0.717, 1.165) is 37.2 Å². The highest BCUT2D eigenvalue weighted by atomic mass is 35.5. The Morgan fingerprint density at radius 3 is 3.10 bits per heavy atom. The molecule has 7 heteroatoms. The molecule has 1 fully saturated rings. The fourth-order valence-electron chi connectivity index (χ4n) is 2.42. The molecule has 1 unspecified atom stereocenters. The van der Waals surface area contributed by atoms with Gasteiger partial charge in [0.05, 0.1) is 13.2 Å². The first kappa shape index (κ1) is 14.8. The maximum absolute atomic E-state index is 11.2. The lowest BCUT2D eigenvalue weighted by Crippen LogP contribution is -2.37. The minimum Gasteiger partial charge on any atom is -0.453 e. The van der Waals surface area contributed by atoms with E-state index in [0.29, 0.717) is 11.7 Å². The number of hydrogen-bond acceptors (Lipinski definition) is 5. The number of nitrogens with zero attached hydrogens (tertiary/aromatic N) is 3. The maximum Gasteiger partial charge on any atom is 0.407 e. The number of alkyl carbamates (subject to hydrolysis) is 1. The number of anilines is 1. The van der Waals surface area contributed by atoms with Gasteiger partial charge in [0.25, 0.3) is 0 Å². The van der Waals surface area contributed by atoms with Crippen LogP contribution in [0.2, 0.25) is 5.15 Å². The Hall–Kier alpha value is -1.56. The zero-order valence-corrected chi connectivity index (χ0v) is 12.5. The number of hydrogen-bond donors (Lipinski definition) is 1. The predicted octanol–water partition coefficient (Wildman–Crippen LogP) is 2.02. The van der Waals surface area contributed by atoms with Gasteiger partial charge >= 0.3 is 6.09 Å². The molecule has 1 aromatic heterocycles. The normalized spacial score (nSPS) is 18.1. The molecule has 1 aromatic rings. The van der Waals surface area contributed by atoms with Crippen molar-refractivity contribution < 1.29 is 9.53 Å². The van der Waals surface area contributed by atoms with Crippen molar-refractivity contribution in [3.8, 4) is 0 Å². The molecule has 1 aliphatic rings. The summed E-state index contributed by atoms with van der Waals surface area (Å²) in [6.45, 7) is 3.64. The van der Waals surface area contributed by atoms with Crippen molar-refractivity contribution in [1.29, 1.82) is 0 Å². The number of nitrogens with one attached hydrogen (secondary N) is 1. The second-order valence-electron chi connectivity index (χ2n) is 4.78. The highest BCUT2D eigenvalue weighted by Crippen LogP contribution is 2.27. The molecule has 2 rings (SSSR count). The van der Waals surface area contributed by atoms with Crippen LogP contribution in [-0.2, 0) is 11.2 Å². The molecule has 1 saturated heterocycles. The van der Waals surface area contributed by atoms with E-state index in [4.69, 9.17) is 11.6 Å². The van der Waals surface area contributed by atoms with Crippen LogP contribution in [0.4, 0.5) is 10.6 Å². The molecule has 1 aliphatic heterocycles. The van der Waals surface area contributed by atoms with Crippen LogP contribution in [0.25, 0.3) is 0 Å². The molecule has 0 saturated carbocycles. The third-order valence-corrected chi connectivity index (χ3v) is 3.69. The second kappa shape index (κ2) is 6.74. The van der Waals surface area contributed by atoms with Gasteiger partial charge in [-0.15, -0.1) is 0 Å². The molecule has 0 radical (unpaired) electrons. The molecule has 0 aliphatic carbocycles. The Balaban J connectivity index is 2.10. The lowest BCUT2D eigenvalue weighted by atomic mass is 10.2. The Kier molecular flexibility index (Phi) is 5.00. The van der Waals surface area contributed by atoms with Gasteiger partial charge in [-0.25, -0.2) is 14.8 Å². The van der Waals surface area contributed by atoms with Crippen LogP contribution < -0.4 is 10.2 Å². The van der Waals surface area contributed by atoms with Crippen LogP contribution in [0.5, 0.6) is 0 Å². The molecule has 0 aromatic carbocycles. The van der Waals surface area contributed by atoms with Crippen molar-refractivity contribution in [1.82, 2.24) is 15.3 Å². The van der Waals surface area contributed by atoms with Crippen molar-refractivity contribution in [2.24, 2.45) is 0 Å². The highest BCUT2D eigenvalue weighted by Gasteiger charge is 2.27. The van der Waals surface area contributed by atoms with Crippen molar-refractivity contribution in [3.05, 3.63) is 17.0 Å². The first-order valence-corrected chi connectivity index (χ1v) is 7.12. The largest absolute Gasteiger partial charge is 0.453 e. The number of carbonyl (C=O) groups is 1. The molecule has 2 heterocycles. The van der Waals surface area contributed by atoms with Crippen molar-refractivity contribution >= 4 is 23.5 Å². The molecule has 0 spiro atoms. The Bertz CT molecular complexity index is 483. The van der Waals surface area contributed by atoms with Gasteiger partial charge < -0.3 is 15.0 Å². The van der Waals surface area contributed by atoms with E-state index in [1.165, 1.54) is 13.4 Å². The molecule has 1 atom stereocenters. The summed E-state index contributed by atoms with van der Waals surface area (Å²) in [5, 5.41) is 3.33. The van der Waals surface area contributed by atoms with Crippen LogP contribution in [0.15, 0.2) is 6.33 Å². The zero-order valence-electron chi connectivity index (χ0n) is 11.7. The fraction of sp³-hybridized carbons (Fsp3) is 0.615. The summed E-state index contributed by atoms with van der Waals surface area (Å²) in [6.07, 6.45) is 3.78.